The van der Waals surface area contributed by atoms with Gasteiger partial charge in [0.1, 0.15) is 11.5 Å². The zero-order chi connectivity index (χ0) is 19.7. The highest BCUT2D eigenvalue weighted by molar-refractivity contribution is 6.14. The monoisotopic (exact) mass is 368 g/mol. The van der Waals surface area contributed by atoms with Gasteiger partial charge >= 0.3 is 0 Å². The summed E-state index contributed by atoms with van der Waals surface area (Å²) in [5.41, 5.74) is 2.53. The van der Waals surface area contributed by atoms with E-state index in [-0.39, 0.29) is 17.7 Å². The quantitative estimate of drug-likeness (QED) is 0.859. The number of rotatable bonds is 4. The van der Waals surface area contributed by atoms with Crippen LogP contribution in [0.2, 0.25) is 0 Å². The Kier molecular flexibility index (Phi) is 5.17. The van der Waals surface area contributed by atoms with Gasteiger partial charge in [-0.2, -0.15) is 0 Å². The lowest BCUT2D eigenvalue weighted by atomic mass is 9.93. The summed E-state index contributed by atoms with van der Waals surface area (Å²) < 4.78 is 5.66. The average Bonchev–Trinajstić information content (AvgIpc) is 2.93. The summed E-state index contributed by atoms with van der Waals surface area (Å²) in [5.74, 6) is 0.389. The van der Waals surface area contributed by atoms with Gasteiger partial charge in [-0.25, -0.2) is 0 Å². The van der Waals surface area contributed by atoms with E-state index in [4.69, 9.17) is 4.42 Å². The minimum absolute atomic E-state index is 0.0166. The number of aryl methyl sites for hydroxylation is 3. The zero-order valence-electron chi connectivity index (χ0n) is 16.1. The van der Waals surface area contributed by atoms with Gasteiger partial charge in [-0.1, -0.05) is 6.07 Å². The summed E-state index contributed by atoms with van der Waals surface area (Å²) in [5, 5.41) is 5.67. The number of carbonyl (C=O) groups excluding carboxylic acids is 3. The standard InChI is InChI=1S/C21H24N2O4/c1-11(2)22-20(25)14-9-8-12(3)15(10-14)23-21(26)18-13(4)27-17-7-5-6-16(24)19(17)18/h8-11H,5-7H2,1-4H3,(H,22,25)(H,23,26). The Balaban J connectivity index is 1.90. The minimum atomic E-state index is -0.391. The lowest BCUT2D eigenvalue weighted by molar-refractivity contribution is 0.0940. The Morgan fingerprint density at radius 1 is 1.11 bits per heavy atom. The first-order valence-corrected chi connectivity index (χ1v) is 9.16. The maximum absolute atomic E-state index is 12.9. The predicted octanol–water partition coefficient (Wildman–Crippen LogP) is 3.81. The van der Waals surface area contributed by atoms with Crippen molar-refractivity contribution < 1.29 is 18.8 Å². The molecule has 6 heteroatoms. The summed E-state index contributed by atoms with van der Waals surface area (Å²) in [6.45, 7) is 7.32. The van der Waals surface area contributed by atoms with Crippen molar-refractivity contribution >= 4 is 23.3 Å². The van der Waals surface area contributed by atoms with Crippen LogP contribution in [0.4, 0.5) is 5.69 Å². The van der Waals surface area contributed by atoms with Crippen molar-refractivity contribution in [3.63, 3.8) is 0 Å². The van der Waals surface area contributed by atoms with Gasteiger partial charge in [-0.05, 0) is 51.8 Å². The van der Waals surface area contributed by atoms with Gasteiger partial charge in [-0.3, -0.25) is 14.4 Å². The fraction of sp³-hybridized carbons (Fsp3) is 0.381. The number of Topliss-reactive ketones (excluding diaryl/α,β-unsaturated/α-hetero) is 1. The van der Waals surface area contributed by atoms with E-state index in [2.05, 4.69) is 10.6 Å². The van der Waals surface area contributed by atoms with Crippen molar-refractivity contribution in [2.75, 3.05) is 5.32 Å². The highest BCUT2D eigenvalue weighted by Crippen LogP contribution is 2.30. The number of nitrogens with one attached hydrogen (secondary N) is 2. The van der Waals surface area contributed by atoms with Gasteiger partial charge in [0.25, 0.3) is 11.8 Å². The van der Waals surface area contributed by atoms with Crippen LogP contribution in [0.15, 0.2) is 22.6 Å². The second-order valence-corrected chi connectivity index (χ2v) is 7.22. The first-order chi connectivity index (χ1) is 12.8. The van der Waals surface area contributed by atoms with E-state index in [1.54, 1.807) is 25.1 Å². The molecule has 1 heterocycles. The van der Waals surface area contributed by atoms with Crippen LogP contribution in [0.1, 0.15) is 74.8 Å². The van der Waals surface area contributed by atoms with Crippen LogP contribution in [0.5, 0.6) is 0 Å². The number of anilines is 1. The van der Waals surface area contributed by atoms with Crippen molar-refractivity contribution in [1.82, 2.24) is 5.32 Å². The molecule has 0 unspecified atom stereocenters. The van der Waals surface area contributed by atoms with Gasteiger partial charge in [0.05, 0.1) is 11.1 Å². The second-order valence-electron chi connectivity index (χ2n) is 7.22. The van der Waals surface area contributed by atoms with Gasteiger partial charge in [0.15, 0.2) is 5.78 Å². The highest BCUT2D eigenvalue weighted by atomic mass is 16.3. The average molecular weight is 368 g/mol. The van der Waals surface area contributed by atoms with Gasteiger partial charge in [-0.15, -0.1) is 0 Å². The fourth-order valence-corrected chi connectivity index (χ4v) is 3.31. The van der Waals surface area contributed by atoms with Gasteiger partial charge in [0, 0.05) is 30.1 Å². The Labute approximate surface area is 158 Å². The molecule has 0 saturated carbocycles. The molecule has 1 aliphatic rings. The molecule has 1 aromatic heterocycles. The smallest absolute Gasteiger partial charge is 0.259 e. The number of carbonyl (C=O) groups is 3. The Bertz CT molecular complexity index is 925. The van der Waals surface area contributed by atoms with Crippen LogP contribution in [-0.2, 0) is 6.42 Å². The van der Waals surface area contributed by atoms with Crippen LogP contribution >= 0.6 is 0 Å². The number of benzene rings is 1. The van der Waals surface area contributed by atoms with Crippen molar-refractivity contribution in [3.8, 4) is 0 Å². The van der Waals surface area contributed by atoms with E-state index in [0.29, 0.717) is 46.7 Å². The van der Waals surface area contributed by atoms with E-state index in [9.17, 15) is 14.4 Å². The van der Waals surface area contributed by atoms with Crippen molar-refractivity contribution in [1.29, 1.82) is 0 Å². The molecule has 142 valence electrons. The van der Waals surface area contributed by atoms with Crippen molar-refractivity contribution in [2.24, 2.45) is 0 Å². The summed E-state index contributed by atoms with van der Waals surface area (Å²) >= 11 is 0. The molecule has 0 spiro atoms. The molecule has 0 fully saturated rings. The summed E-state index contributed by atoms with van der Waals surface area (Å²) in [7, 11) is 0. The molecular formula is C21H24N2O4. The predicted molar refractivity (Wildman–Crippen MR) is 102 cm³/mol. The van der Waals surface area contributed by atoms with Crippen LogP contribution in [-0.4, -0.2) is 23.6 Å². The van der Waals surface area contributed by atoms with E-state index < -0.39 is 5.91 Å². The third kappa shape index (κ3) is 3.79. The topological polar surface area (TPSA) is 88.4 Å². The molecule has 6 nitrogen and oxygen atoms in total. The Hall–Kier alpha value is -2.89. The Morgan fingerprint density at radius 3 is 2.56 bits per heavy atom. The van der Waals surface area contributed by atoms with Crippen molar-refractivity contribution in [3.05, 3.63) is 52.0 Å². The lowest BCUT2D eigenvalue weighted by Crippen LogP contribution is -2.30. The largest absolute Gasteiger partial charge is 0.465 e. The van der Waals surface area contributed by atoms with E-state index in [1.807, 2.05) is 20.8 Å². The molecule has 0 saturated heterocycles. The second kappa shape index (κ2) is 7.39. The molecule has 0 bridgehead atoms. The van der Waals surface area contributed by atoms with Crippen LogP contribution in [0.25, 0.3) is 0 Å². The molecular weight excluding hydrogens is 344 g/mol. The molecule has 0 atom stereocenters. The normalized spacial score (nSPS) is 13.4. The molecule has 1 aromatic carbocycles. The number of furan rings is 1. The maximum atomic E-state index is 12.9. The molecule has 2 aromatic rings. The zero-order valence-corrected chi connectivity index (χ0v) is 16.1. The first kappa shape index (κ1) is 18.9. The molecule has 1 aliphatic carbocycles. The lowest BCUT2D eigenvalue weighted by Gasteiger charge is -2.13. The molecule has 0 aliphatic heterocycles. The molecule has 27 heavy (non-hydrogen) atoms. The molecule has 2 N–H and O–H groups in total. The fourth-order valence-electron chi connectivity index (χ4n) is 3.31. The first-order valence-electron chi connectivity index (χ1n) is 9.16. The van der Waals surface area contributed by atoms with Crippen LogP contribution < -0.4 is 10.6 Å². The van der Waals surface area contributed by atoms with E-state index >= 15 is 0 Å². The molecule has 2 amide bonds. The van der Waals surface area contributed by atoms with E-state index in [1.165, 1.54) is 0 Å². The number of amides is 2. The van der Waals surface area contributed by atoms with Crippen LogP contribution in [0, 0.1) is 13.8 Å². The third-order valence-electron chi connectivity index (χ3n) is 4.64. The highest BCUT2D eigenvalue weighted by Gasteiger charge is 2.30. The maximum Gasteiger partial charge on any atom is 0.259 e. The summed E-state index contributed by atoms with van der Waals surface area (Å²) in [6.07, 6.45) is 1.83. The minimum Gasteiger partial charge on any atom is -0.465 e. The van der Waals surface area contributed by atoms with Crippen molar-refractivity contribution in [2.45, 2.75) is 53.0 Å². The molecule has 0 radical (unpaired) electrons. The number of hydrogen-bond acceptors (Lipinski definition) is 4. The molecule has 3 rings (SSSR count). The SMILES string of the molecule is Cc1ccc(C(=O)NC(C)C)cc1NC(=O)c1c(C)oc2c1C(=O)CCC2. The number of ketones is 1. The van der Waals surface area contributed by atoms with Crippen LogP contribution in [0.3, 0.4) is 0 Å². The Morgan fingerprint density at radius 2 is 1.85 bits per heavy atom. The third-order valence-corrected chi connectivity index (χ3v) is 4.64. The van der Waals surface area contributed by atoms with Gasteiger partial charge in [0.2, 0.25) is 0 Å². The number of fused-ring (bicyclic) bond motifs is 1. The summed E-state index contributed by atoms with van der Waals surface area (Å²) in [4.78, 5) is 37.4. The van der Waals surface area contributed by atoms with Gasteiger partial charge < -0.3 is 15.1 Å². The summed E-state index contributed by atoms with van der Waals surface area (Å²) in [6, 6.07) is 5.17. The van der Waals surface area contributed by atoms with E-state index in [0.717, 1.165) is 12.0 Å². The number of hydrogen-bond donors (Lipinski definition) is 2.